The van der Waals surface area contributed by atoms with Gasteiger partial charge in [0.05, 0.1) is 12.1 Å². The van der Waals surface area contributed by atoms with Crippen LogP contribution >= 0.6 is 0 Å². The molecule has 1 aromatic rings. The maximum absolute atomic E-state index is 10.8. The van der Waals surface area contributed by atoms with E-state index in [-0.39, 0.29) is 0 Å². The molecular weight excluding hydrogens is 280 g/mol. The maximum Gasteiger partial charge on any atom is 0.240 e. The zero-order valence-corrected chi connectivity index (χ0v) is 13.8. The molecule has 1 saturated heterocycles. The molecule has 124 valence electrons. The van der Waals surface area contributed by atoms with Crippen LogP contribution in [0, 0.1) is 12.8 Å². The minimum atomic E-state index is -0.460. The molecule has 2 fully saturated rings. The number of hydrogen-bond acceptors (Lipinski definition) is 6. The molecule has 22 heavy (non-hydrogen) atoms. The fourth-order valence-corrected chi connectivity index (χ4v) is 3.57. The molecule has 0 spiro atoms. The predicted molar refractivity (Wildman–Crippen MR) is 83.3 cm³/mol. The summed E-state index contributed by atoms with van der Waals surface area (Å²) in [5, 5.41) is 14.6. The highest BCUT2D eigenvalue weighted by molar-refractivity contribution is 4.89. The van der Waals surface area contributed by atoms with E-state index in [0.717, 1.165) is 70.9 Å². The molecule has 0 unspecified atom stereocenters. The molecule has 1 saturated carbocycles. The van der Waals surface area contributed by atoms with Gasteiger partial charge in [0.2, 0.25) is 5.89 Å². The first-order valence-corrected chi connectivity index (χ1v) is 8.49. The summed E-state index contributed by atoms with van der Waals surface area (Å²) < 4.78 is 5.19. The van der Waals surface area contributed by atoms with Crippen LogP contribution in [0.5, 0.6) is 0 Å². The van der Waals surface area contributed by atoms with Crippen LogP contribution in [0.3, 0.4) is 0 Å². The Bertz CT molecular complexity index is 474. The molecule has 2 heterocycles. The quantitative estimate of drug-likeness (QED) is 0.908. The lowest BCUT2D eigenvalue weighted by Crippen LogP contribution is -2.52. The van der Waals surface area contributed by atoms with E-state index in [0.29, 0.717) is 11.7 Å². The van der Waals surface area contributed by atoms with Gasteiger partial charge in [0.25, 0.3) is 0 Å². The molecule has 1 N–H and O–H groups in total. The van der Waals surface area contributed by atoms with Crippen LogP contribution in [0.2, 0.25) is 0 Å². The van der Waals surface area contributed by atoms with Gasteiger partial charge in [0.15, 0.2) is 5.82 Å². The summed E-state index contributed by atoms with van der Waals surface area (Å²) in [5.74, 6) is 2.17. The van der Waals surface area contributed by atoms with Crippen LogP contribution < -0.4 is 0 Å². The van der Waals surface area contributed by atoms with Gasteiger partial charge in [-0.25, -0.2) is 0 Å². The van der Waals surface area contributed by atoms with Crippen molar-refractivity contribution >= 4 is 0 Å². The minimum absolute atomic E-state index is 0.460. The van der Waals surface area contributed by atoms with E-state index in [1.54, 1.807) is 0 Å². The molecule has 0 radical (unpaired) electrons. The molecule has 6 nitrogen and oxygen atoms in total. The molecule has 1 aromatic heterocycles. The van der Waals surface area contributed by atoms with Gasteiger partial charge in [0, 0.05) is 32.7 Å². The SMILES string of the molecule is Cc1noc(CN2CCN(CC3(O)CCC(C)CC3)CC2)n1. The van der Waals surface area contributed by atoms with E-state index in [1.807, 2.05) is 6.92 Å². The highest BCUT2D eigenvalue weighted by Gasteiger charge is 2.34. The zero-order chi connectivity index (χ0) is 15.6. The normalized spacial score (nSPS) is 31.5. The number of nitrogens with zero attached hydrogens (tertiary/aromatic N) is 4. The van der Waals surface area contributed by atoms with E-state index in [1.165, 1.54) is 0 Å². The van der Waals surface area contributed by atoms with E-state index < -0.39 is 5.60 Å². The fourth-order valence-electron chi connectivity index (χ4n) is 3.57. The lowest BCUT2D eigenvalue weighted by Gasteiger charge is -2.41. The molecular formula is C16H28N4O2. The Balaban J connectivity index is 1.43. The standard InChI is InChI=1S/C16H28N4O2/c1-13-3-5-16(21,6-4-13)12-20-9-7-19(8-10-20)11-15-17-14(2)18-22-15/h13,21H,3-12H2,1-2H3. The van der Waals surface area contributed by atoms with E-state index in [9.17, 15) is 5.11 Å². The van der Waals surface area contributed by atoms with Gasteiger partial charge in [-0.2, -0.15) is 4.98 Å². The van der Waals surface area contributed by atoms with Crippen molar-refractivity contribution < 1.29 is 9.63 Å². The molecule has 3 rings (SSSR count). The Morgan fingerprint density at radius 2 is 1.82 bits per heavy atom. The number of aliphatic hydroxyl groups is 1. The molecule has 0 amide bonds. The first-order chi connectivity index (χ1) is 10.5. The lowest BCUT2D eigenvalue weighted by atomic mass is 9.79. The summed E-state index contributed by atoms with van der Waals surface area (Å²) in [4.78, 5) is 9.01. The Kier molecular flexibility index (Phi) is 4.80. The molecule has 0 aromatic carbocycles. The second-order valence-corrected chi connectivity index (χ2v) is 7.19. The van der Waals surface area contributed by atoms with E-state index >= 15 is 0 Å². The topological polar surface area (TPSA) is 65.6 Å². The van der Waals surface area contributed by atoms with Crippen LogP contribution in [-0.4, -0.2) is 63.4 Å². The van der Waals surface area contributed by atoms with Crippen LogP contribution in [-0.2, 0) is 6.54 Å². The van der Waals surface area contributed by atoms with Crippen LogP contribution in [0.25, 0.3) is 0 Å². The first-order valence-electron chi connectivity index (χ1n) is 8.49. The zero-order valence-electron chi connectivity index (χ0n) is 13.8. The monoisotopic (exact) mass is 308 g/mol. The maximum atomic E-state index is 10.8. The average Bonchev–Trinajstić information content (AvgIpc) is 2.90. The van der Waals surface area contributed by atoms with Crippen LogP contribution in [0.15, 0.2) is 4.52 Å². The summed E-state index contributed by atoms with van der Waals surface area (Å²) in [6.45, 7) is 9.69. The number of aromatic nitrogens is 2. The van der Waals surface area contributed by atoms with Crippen molar-refractivity contribution in [3.05, 3.63) is 11.7 Å². The van der Waals surface area contributed by atoms with E-state index in [2.05, 4.69) is 26.9 Å². The molecule has 6 heteroatoms. The van der Waals surface area contributed by atoms with Crippen molar-refractivity contribution in [3.8, 4) is 0 Å². The molecule has 1 aliphatic carbocycles. The highest BCUT2D eigenvalue weighted by Crippen LogP contribution is 2.32. The lowest BCUT2D eigenvalue weighted by molar-refractivity contribution is -0.0441. The molecule has 0 atom stereocenters. The first kappa shape index (κ1) is 15.9. The van der Waals surface area contributed by atoms with Crippen LogP contribution in [0.4, 0.5) is 0 Å². The van der Waals surface area contributed by atoms with Gasteiger partial charge in [0.1, 0.15) is 0 Å². The largest absolute Gasteiger partial charge is 0.389 e. The predicted octanol–water partition coefficient (Wildman–Crippen LogP) is 1.44. The van der Waals surface area contributed by atoms with Gasteiger partial charge < -0.3 is 9.63 Å². The summed E-state index contributed by atoms with van der Waals surface area (Å²) in [6.07, 6.45) is 4.23. The number of piperazine rings is 1. The minimum Gasteiger partial charge on any atom is -0.389 e. The number of rotatable bonds is 4. The second kappa shape index (κ2) is 6.64. The third-order valence-electron chi connectivity index (χ3n) is 5.12. The number of β-amino-alcohol motifs (C(OH)–C–C–N with tert-alkyl or cyclic N) is 1. The van der Waals surface area contributed by atoms with Crippen molar-refractivity contribution in [1.29, 1.82) is 0 Å². The molecule has 0 bridgehead atoms. The van der Waals surface area contributed by atoms with Crippen molar-refractivity contribution in [3.63, 3.8) is 0 Å². The Morgan fingerprint density at radius 1 is 1.18 bits per heavy atom. The van der Waals surface area contributed by atoms with Crippen molar-refractivity contribution in [1.82, 2.24) is 19.9 Å². The smallest absolute Gasteiger partial charge is 0.240 e. The van der Waals surface area contributed by atoms with Gasteiger partial charge in [-0.1, -0.05) is 12.1 Å². The third-order valence-corrected chi connectivity index (χ3v) is 5.12. The highest BCUT2D eigenvalue weighted by atomic mass is 16.5. The van der Waals surface area contributed by atoms with Crippen molar-refractivity contribution in [2.75, 3.05) is 32.7 Å². The number of aryl methyl sites for hydroxylation is 1. The molecule has 1 aliphatic heterocycles. The third kappa shape index (κ3) is 4.06. The summed E-state index contributed by atoms with van der Waals surface area (Å²) in [5.41, 5.74) is -0.460. The Morgan fingerprint density at radius 3 is 2.41 bits per heavy atom. The van der Waals surface area contributed by atoms with Gasteiger partial charge in [-0.3, -0.25) is 9.80 Å². The van der Waals surface area contributed by atoms with Crippen LogP contribution in [0.1, 0.15) is 44.3 Å². The summed E-state index contributed by atoms with van der Waals surface area (Å²) >= 11 is 0. The van der Waals surface area contributed by atoms with E-state index in [4.69, 9.17) is 4.52 Å². The van der Waals surface area contributed by atoms with Gasteiger partial charge >= 0.3 is 0 Å². The number of hydrogen-bond donors (Lipinski definition) is 1. The van der Waals surface area contributed by atoms with Gasteiger partial charge in [-0.15, -0.1) is 0 Å². The Hall–Kier alpha value is -0.980. The average molecular weight is 308 g/mol. The van der Waals surface area contributed by atoms with Crippen molar-refractivity contribution in [2.45, 2.75) is 51.7 Å². The van der Waals surface area contributed by atoms with Crippen molar-refractivity contribution in [2.24, 2.45) is 5.92 Å². The van der Waals surface area contributed by atoms with Gasteiger partial charge in [-0.05, 0) is 38.5 Å². The molecule has 2 aliphatic rings. The fraction of sp³-hybridized carbons (Fsp3) is 0.875. The Labute approximate surface area is 132 Å². The second-order valence-electron chi connectivity index (χ2n) is 7.19. The summed E-state index contributed by atoms with van der Waals surface area (Å²) in [6, 6.07) is 0. The summed E-state index contributed by atoms with van der Waals surface area (Å²) in [7, 11) is 0.